The molecule has 5 rings (SSSR count). The van der Waals surface area contributed by atoms with Crippen LogP contribution in [0.2, 0.25) is 0 Å². The third-order valence-electron chi connectivity index (χ3n) is 6.35. The van der Waals surface area contributed by atoms with E-state index < -0.39 is 0 Å². The Bertz CT molecular complexity index is 1180. The van der Waals surface area contributed by atoms with Gasteiger partial charge in [-0.05, 0) is 42.7 Å². The highest BCUT2D eigenvalue weighted by Crippen LogP contribution is 2.32. The van der Waals surface area contributed by atoms with Gasteiger partial charge in [-0.25, -0.2) is 4.98 Å². The van der Waals surface area contributed by atoms with Crippen molar-refractivity contribution in [2.45, 2.75) is 26.8 Å². The summed E-state index contributed by atoms with van der Waals surface area (Å²) in [6, 6.07) is 14.3. The zero-order valence-corrected chi connectivity index (χ0v) is 18.6. The molecule has 3 heterocycles. The molecule has 7 heteroatoms. The van der Waals surface area contributed by atoms with Crippen molar-refractivity contribution in [3.05, 3.63) is 80.8 Å². The van der Waals surface area contributed by atoms with E-state index in [-0.39, 0.29) is 5.56 Å². The van der Waals surface area contributed by atoms with Crippen LogP contribution in [-0.4, -0.2) is 47.8 Å². The first kappa shape index (κ1) is 20.6. The van der Waals surface area contributed by atoms with Crippen molar-refractivity contribution in [2.75, 3.05) is 37.9 Å². The van der Waals surface area contributed by atoms with E-state index in [1.807, 2.05) is 25.1 Å². The average molecular weight is 433 g/mol. The number of aromatic nitrogens is 2. The van der Waals surface area contributed by atoms with E-state index in [4.69, 9.17) is 14.5 Å². The van der Waals surface area contributed by atoms with E-state index in [2.05, 4.69) is 46.0 Å². The molecule has 166 valence electrons. The zero-order valence-electron chi connectivity index (χ0n) is 18.6. The molecule has 0 aliphatic carbocycles. The van der Waals surface area contributed by atoms with E-state index in [0.29, 0.717) is 19.2 Å². The van der Waals surface area contributed by atoms with Crippen molar-refractivity contribution in [3.63, 3.8) is 0 Å². The van der Waals surface area contributed by atoms with E-state index in [0.717, 1.165) is 61.0 Å². The van der Waals surface area contributed by atoms with Gasteiger partial charge in [0.05, 0.1) is 5.69 Å². The number of H-pyrrole nitrogens is 1. The first-order chi connectivity index (χ1) is 15.6. The molecule has 1 saturated heterocycles. The minimum absolute atomic E-state index is 0.0430. The standard InChI is InChI=1S/C25H28N4O3/c1-17-5-3-4-6-20(17)14-21-18(2)26-25(27-24(21)30)29-11-9-28(10-12-29)15-19-7-8-22-23(13-19)32-16-31-22/h3-8,13H,9-12,14-16H2,1-2H3,(H,26,27,30). The molecule has 0 spiro atoms. The van der Waals surface area contributed by atoms with Gasteiger partial charge in [0.1, 0.15) is 0 Å². The van der Waals surface area contributed by atoms with Crippen LogP contribution in [0.4, 0.5) is 5.95 Å². The fourth-order valence-corrected chi connectivity index (χ4v) is 4.37. The van der Waals surface area contributed by atoms with Crippen LogP contribution >= 0.6 is 0 Å². The number of nitrogens with one attached hydrogen (secondary N) is 1. The largest absolute Gasteiger partial charge is 0.454 e. The number of aromatic amines is 1. The molecule has 32 heavy (non-hydrogen) atoms. The van der Waals surface area contributed by atoms with Gasteiger partial charge >= 0.3 is 0 Å². The summed E-state index contributed by atoms with van der Waals surface area (Å²) in [4.78, 5) is 25.2. The van der Waals surface area contributed by atoms with Gasteiger partial charge in [0.15, 0.2) is 11.5 Å². The molecule has 7 nitrogen and oxygen atoms in total. The third-order valence-corrected chi connectivity index (χ3v) is 6.35. The van der Waals surface area contributed by atoms with Crippen molar-refractivity contribution in [2.24, 2.45) is 0 Å². The summed E-state index contributed by atoms with van der Waals surface area (Å²) in [5.41, 5.74) is 5.06. The monoisotopic (exact) mass is 432 g/mol. The first-order valence-corrected chi connectivity index (χ1v) is 11.1. The number of piperazine rings is 1. The number of ether oxygens (including phenoxy) is 2. The van der Waals surface area contributed by atoms with Crippen molar-refractivity contribution in [1.82, 2.24) is 14.9 Å². The highest BCUT2D eigenvalue weighted by atomic mass is 16.7. The molecular formula is C25H28N4O3. The second-order valence-corrected chi connectivity index (χ2v) is 8.51. The number of aryl methyl sites for hydroxylation is 2. The fourth-order valence-electron chi connectivity index (χ4n) is 4.37. The Kier molecular flexibility index (Phi) is 5.57. The number of anilines is 1. The van der Waals surface area contributed by atoms with Crippen LogP contribution in [0, 0.1) is 13.8 Å². The van der Waals surface area contributed by atoms with Gasteiger partial charge in [0.2, 0.25) is 12.7 Å². The molecule has 2 aromatic carbocycles. The Morgan fingerprint density at radius 1 is 1.00 bits per heavy atom. The third kappa shape index (κ3) is 4.21. The summed E-state index contributed by atoms with van der Waals surface area (Å²) in [5.74, 6) is 2.31. The number of fused-ring (bicyclic) bond motifs is 1. The molecule has 3 aromatic rings. The maximum Gasteiger partial charge on any atom is 0.256 e. The lowest BCUT2D eigenvalue weighted by atomic mass is 10.0. The predicted octanol–water partition coefficient (Wildman–Crippen LogP) is 3.03. The minimum Gasteiger partial charge on any atom is -0.454 e. The second-order valence-electron chi connectivity index (χ2n) is 8.51. The number of nitrogens with zero attached hydrogens (tertiary/aromatic N) is 3. The maximum atomic E-state index is 12.9. The van der Waals surface area contributed by atoms with Gasteiger partial charge < -0.3 is 14.4 Å². The van der Waals surface area contributed by atoms with E-state index in [1.165, 1.54) is 11.1 Å². The van der Waals surface area contributed by atoms with Gasteiger partial charge in [-0.1, -0.05) is 30.3 Å². The molecule has 0 amide bonds. The summed E-state index contributed by atoms with van der Waals surface area (Å²) >= 11 is 0. The highest BCUT2D eigenvalue weighted by molar-refractivity contribution is 5.44. The van der Waals surface area contributed by atoms with Gasteiger partial charge in [0.25, 0.3) is 5.56 Å². The smallest absolute Gasteiger partial charge is 0.256 e. The molecule has 0 bridgehead atoms. The molecule has 1 N–H and O–H groups in total. The van der Waals surface area contributed by atoms with Crippen LogP contribution in [0.15, 0.2) is 47.3 Å². The van der Waals surface area contributed by atoms with E-state index in [1.54, 1.807) is 0 Å². The normalized spacial score (nSPS) is 15.9. The molecule has 2 aliphatic heterocycles. The summed E-state index contributed by atoms with van der Waals surface area (Å²) < 4.78 is 10.9. The summed E-state index contributed by atoms with van der Waals surface area (Å²) in [7, 11) is 0. The Morgan fingerprint density at radius 3 is 2.56 bits per heavy atom. The van der Waals surface area contributed by atoms with Crippen LogP contribution in [0.1, 0.15) is 27.9 Å². The molecule has 0 radical (unpaired) electrons. The van der Waals surface area contributed by atoms with Gasteiger partial charge in [-0.2, -0.15) is 0 Å². The van der Waals surface area contributed by atoms with Gasteiger partial charge in [0, 0.05) is 44.7 Å². The second kappa shape index (κ2) is 8.67. The lowest BCUT2D eigenvalue weighted by molar-refractivity contribution is 0.174. The molecule has 1 fully saturated rings. The molecule has 0 unspecified atom stereocenters. The Labute approximate surface area is 187 Å². The Hall–Kier alpha value is -3.32. The summed E-state index contributed by atoms with van der Waals surface area (Å²) in [6.07, 6.45) is 0.602. The Balaban J connectivity index is 1.23. The number of benzene rings is 2. The van der Waals surface area contributed by atoms with Crippen molar-refractivity contribution < 1.29 is 9.47 Å². The number of rotatable bonds is 5. The minimum atomic E-state index is -0.0430. The van der Waals surface area contributed by atoms with Crippen molar-refractivity contribution in [3.8, 4) is 11.5 Å². The van der Waals surface area contributed by atoms with Gasteiger partial charge in [-0.3, -0.25) is 14.7 Å². The predicted molar refractivity (Wildman–Crippen MR) is 124 cm³/mol. The topological polar surface area (TPSA) is 70.7 Å². The van der Waals surface area contributed by atoms with Crippen LogP contribution in [-0.2, 0) is 13.0 Å². The number of hydrogen-bond donors (Lipinski definition) is 1. The van der Waals surface area contributed by atoms with Crippen LogP contribution < -0.4 is 19.9 Å². The molecule has 2 aliphatic rings. The number of hydrogen-bond acceptors (Lipinski definition) is 6. The quantitative estimate of drug-likeness (QED) is 0.668. The lowest BCUT2D eigenvalue weighted by Gasteiger charge is -2.35. The lowest BCUT2D eigenvalue weighted by Crippen LogP contribution is -2.47. The van der Waals surface area contributed by atoms with Crippen molar-refractivity contribution in [1.29, 1.82) is 0 Å². The zero-order chi connectivity index (χ0) is 22.1. The summed E-state index contributed by atoms with van der Waals surface area (Å²) in [5, 5.41) is 0. The van der Waals surface area contributed by atoms with E-state index >= 15 is 0 Å². The first-order valence-electron chi connectivity index (χ1n) is 11.1. The average Bonchev–Trinajstić information content (AvgIpc) is 3.26. The van der Waals surface area contributed by atoms with Crippen molar-refractivity contribution >= 4 is 5.95 Å². The fraction of sp³-hybridized carbons (Fsp3) is 0.360. The van der Waals surface area contributed by atoms with Crippen LogP contribution in [0.25, 0.3) is 0 Å². The van der Waals surface area contributed by atoms with Gasteiger partial charge in [-0.15, -0.1) is 0 Å². The maximum absolute atomic E-state index is 12.9. The summed E-state index contributed by atoms with van der Waals surface area (Å²) in [6.45, 7) is 8.62. The molecular weight excluding hydrogens is 404 g/mol. The Morgan fingerprint density at radius 2 is 1.78 bits per heavy atom. The van der Waals surface area contributed by atoms with Crippen LogP contribution in [0.3, 0.4) is 0 Å². The SMILES string of the molecule is Cc1ccccc1Cc1c(C)nc(N2CCN(Cc3ccc4c(c3)OCO4)CC2)[nH]c1=O. The molecule has 1 aromatic heterocycles. The molecule has 0 saturated carbocycles. The highest BCUT2D eigenvalue weighted by Gasteiger charge is 2.21. The molecule has 0 atom stereocenters. The van der Waals surface area contributed by atoms with Crippen LogP contribution in [0.5, 0.6) is 11.5 Å². The van der Waals surface area contributed by atoms with E-state index in [9.17, 15) is 4.79 Å².